The van der Waals surface area contributed by atoms with Gasteiger partial charge in [0.1, 0.15) is 16.7 Å². The number of nitrogens with one attached hydrogen (secondary N) is 1. The van der Waals surface area contributed by atoms with E-state index < -0.39 is 11.2 Å². The number of rotatable bonds is 7. The van der Waals surface area contributed by atoms with Crippen molar-refractivity contribution in [2.45, 2.75) is 18.1 Å². The summed E-state index contributed by atoms with van der Waals surface area (Å²) in [5.74, 6) is -0.663. The molecular weight excluding hydrogens is 466 g/mol. The fourth-order valence-corrected chi connectivity index (χ4v) is 5.13. The van der Waals surface area contributed by atoms with Crippen LogP contribution in [0.15, 0.2) is 95.5 Å². The lowest BCUT2D eigenvalue weighted by Gasteiger charge is -2.19. The Kier molecular flexibility index (Phi) is 7.69. The Morgan fingerprint density at radius 1 is 0.971 bits per heavy atom. The van der Waals surface area contributed by atoms with Gasteiger partial charge in [-0.1, -0.05) is 84.0 Å². The third kappa shape index (κ3) is 5.51. The molecule has 3 aromatic rings. The van der Waals surface area contributed by atoms with Gasteiger partial charge in [-0.15, -0.1) is 0 Å². The van der Waals surface area contributed by atoms with E-state index in [0.717, 1.165) is 11.1 Å². The van der Waals surface area contributed by atoms with Gasteiger partial charge in [0, 0.05) is 17.3 Å². The van der Waals surface area contributed by atoms with Crippen molar-refractivity contribution in [3.63, 3.8) is 0 Å². The van der Waals surface area contributed by atoms with E-state index in [0.29, 0.717) is 35.1 Å². The molecule has 4 rings (SSSR count). The van der Waals surface area contributed by atoms with Crippen molar-refractivity contribution in [3.05, 3.63) is 112 Å². The normalized spacial score (nSPS) is 16.8. The number of nitrogens with zero attached hydrogens (tertiary/aromatic N) is 2. The van der Waals surface area contributed by atoms with Crippen molar-refractivity contribution in [2.24, 2.45) is 0 Å². The maximum absolute atomic E-state index is 13.4. The Morgan fingerprint density at radius 2 is 1.59 bits per heavy atom. The zero-order chi connectivity index (χ0) is 23.9. The Hall–Kier alpha value is -3.53. The van der Waals surface area contributed by atoms with Gasteiger partial charge in [0.05, 0.1) is 5.25 Å². The first-order valence-corrected chi connectivity index (χ1v) is 12.1. The van der Waals surface area contributed by atoms with Crippen molar-refractivity contribution >= 4 is 40.9 Å². The van der Waals surface area contributed by atoms with Crippen molar-refractivity contribution in [2.75, 3.05) is 11.4 Å². The van der Waals surface area contributed by atoms with Crippen LogP contribution in [0.25, 0.3) is 0 Å². The number of anilines is 1. The molecule has 0 aliphatic carbocycles. The van der Waals surface area contributed by atoms with E-state index in [-0.39, 0.29) is 11.5 Å². The van der Waals surface area contributed by atoms with E-state index >= 15 is 0 Å². The second-order valence-electron chi connectivity index (χ2n) is 7.73. The van der Waals surface area contributed by atoms with Crippen LogP contribution in [0.3, 0.4) is 0 Å². The molecule has 1 atom stereocenters. The van der Waals surface area contributed by atoms with Gasteiger partial charge in [-0.2, -0.15) is 5.26 Å². The molecule has 1 aliphatic heterocycles. The summed E-state index contributed by atoms with van der Waals surface area (Å²) in [5.41, 5.74) is 2.59. The summed E-state index contributed by atoms with van der Waals surface area (Å²) in [7, 11) is 0. The van der Waals surface area contributed by atoms with Gasteiger partial charge in [-0.25, -0.2) is 0 Å². The molecule has 0 radical (unpaired) electrons. The number of benzene rings is 3. The Bertz CT molecular complexity index is 1240. The van der Waals surface area contributed by atoms with Gasteiger partial charge < -0.3 is 5.32 Å². The molecule has 0 bridgehead atoms. The molecule has 1 N–H and O–H groups in total. The molecule has 1 aliphatic rings. The highest BCUT2D eigenvalue weighted by atomic mass is 35.5. The van der Waals surface area contributed by atoms with Gasteiger partial charge in [0.25, 0.3) is 5.91 Å². The number of halogens is 1. The minimum atomic E-state index is -0.493. The highest BCUT2D eigenvalue weighted by Gasteiger charge is 2.40. The van der Waals surface area contributed by atoms with Gasteiger partial charge >= 0.3 is 0 Å². The van der Waals surface area contributed by atoms with Crippen LogP contribution in [0.2, 0.25) is 5.02 Å². The number of carbonyl (C=O) groups excluding carboxylic acids is 2. The summed E-state index contributed by atoms with van der Waals surface area (Å²) >= 11 is 7.29. The van der Waals surface area contributed by atoms with Crippen LogP contribution in [-0.4, -0.2) is 23.6 Å². The number of hydrogen-bond donors (Lipinski definition) is 1. The van der Waals surface area contributed by atoms with Crippen molar-refractivity contribution < 1.29 is 9.59 Å². The van der Waals surface area contributed by atoms with E-state index in [1.807, 2.05) is 66.7 Å². The van der Waals surface area contributed by atoms with Crippen LogP contribution in [0.1, 0.15) is 11.1 Å². The zero-order valence-electron chi connectivity index (χ0n) is 18.3. The average molecular weight is 488 g/mol. The Labute approximate surface area is 208 Å². The number of nitriles is 1. The number of hydrogen-bond acceptors (Lipinski definition) is 4. The molecule has 0 spiro atoms. The quantitative estimate of drug-likeness (QED) is 0.370. The minimum Gasteiger partial charge on any atom is -0.351 e. The fourth-order valence-electron chi connectivity index (χ4n) is 3.69. The van der Waals surface area contributed by atoms with Crippen molar-refractivity contribution in [1.29, 1.82) is 5.26 Å². The molecular formula is C27H22ClN3O2S. The monoisotopic (exact) mass is 487 g/mol. The lowest BCUT2D eigenvalue weighted by molar-refractivity contribution is -0.117. The molecule has 1 heterocycles. The topological polar surface area (TPSA) is 73.2 Å². The maximum atomic E-state index is 13.4. The van der Waals surface area contributed by atoms with E-state index in [1.165, 1.54) is 16.7 Å². The Balaban J connectivity index is 1.61. The number of thioether (sulfide) groups is 1. The largest absolute Gasteiger partial charge is 0.351 e. The average Bonchev–Trinajstić information content (AvgIpc) is 3.17. The van der Waals surface area contributed by atoms with Crippen LogP contribution in [0, 0.1) is 11.3 Å². The van der Waals surface area contributed by atoms with Crippen LogP contribution in [0.4, 0.5) is 5.69 Å². The molecule has 1 fully saturated rings. The van der Waals surface area contributed by atoms with Crippen molar-refractivity contribution in [1.82, 2.24) is 5.32 Å². The molecule has 2 amide bonds. The van der Waals surface area contributed by atoms with Gasteiger partial charge in [-0.3, -0.25) is 14.5 Å². The standard InChI is InChI=1S/C27H22ClN3O2S/c28-21-11-13-22(14-12-21)31-26(33)24(17-20-9-5-2-6-10-20)34-27(31)23(18-29)25(32)30-16-15-19-7-3-1-4-8-19/h1-14,24H,15-17H2,(H,30,32)/b27-23-/t24-/m1/s1. The molecule has 1 saturated heterocycles. The van der Waals surface area contributed by atoms with Gasteiger partial charge in [0.15, 0.2) is 0 Å². The van der Waals surface area contributed by atoms with Crippen LogP contribution >= 0.6 is 23.4 Å². The molecule has 0 saturated carbocycles. The van der Waals surface area contributed by atoms with E-state index in [2.05, 4.69) is 5.32 Å². The number of carbonyl (C=O) groups is 2. The van der Waals surface area contributed by atoms with Gasteiger partial charge in [-0.05, 0) is 48.2 Å². The first-order valence-electron chi connectivity index (χ1n) is 10.8. The summed E-state index contributed by atoms with van der Waals surface area (Å²) in [6, 6.07) is 28.3. The molecule has 0 unspecified atom stereocenters. The smallest absolute Gasteiger partial charge is 0.264 e. The van der Waals surface area contributed by atoms with Gasteiger partial charge in [0.2, 0.25) is 5.91 Å². The van der Waals surface area contributed by atoms with E-state index in [4.69, 9.17) is 11.6 Å². The molecule has 170 valence electrons. The summed E-state index contributed by atoms with van der Waals surface area (Å²) in [4.78, 5) is 27.9. The molecule has 5 nitrogen and oxygen atoms in total. The minimum absolute atomic E-state index is 0.0723. The van der Waals surface area contributed by atoms with Crippen molar-refractivity contribution in [3.8, 4) is 6.07 Å². The molecule has 0 aromatic heterocycles. The second kappa shape index (κ2) is 11.1. The first-order chi connectivity index (χ1) is 16.6. The highest BCUT2D eigenvalue weighted by molar-refractivity contribution is 8.05. The SMILES string of the molecule is N#C/C(C(=O)NCCc1ccccc1)=C1/S[C@H](Cc2ccccc2)C(=O)N1c1ccc(Cl)cc1. The highest BCUT2D eigenvalue weighted by Crippen LogP contribution is 2.42. The summed E-state index contributed by atoms with van der Waals surface area (Å²) in [5, 5.41) is 13.2. The van der Waals surface area contributed by atoms with E-state index in [1.54, 1.807) is 24.3 Å². The summed E-state index contributed by atoms with van der Waals surface area (Å²) in [6.07, 6.45) is 1.14. The summed E-state index contributed by atoms with van der Waals surface area (Å²) < 4.78 is 0. The zero-order valence-corrected chi connectivity index (χ0v) is 19.9. The fraction of sp³-hybridized carbons (Fsp3) is 0.148. The number of amides is 2. The van der Waals surface area contributed by atoms with Crippen LogP contribution in [0.5, 0.6) is 0 Å². The summed E-state index contributed by atoms with van der Waals surface area (Å²) in [6.45, 7) is 0.383. The second-order valence-corrected chi connectivity index (χ2v) is 9.36. The van der Waals surface area contributed by atoms with Crippen LogP contribution < -0.4 is 10.2 Å². The van der Waals surface area contributed by atoms with Crippen LogP contribution in [-0.2, 0) is 22.4 Å². The predicted octanol–water partition coefficient (Wildman–Crippen LogP) is 5.13. The third-order valence-electron chi connectivity index (χ3n) is 5.40. The first kappa shape index (κ1) is 23.6. The lowest BCUT2D eigenvalue weighted by atomic mass is 10.1. The predicted molar refractivity (Wildman–Crippen MR) is 136 cm³/mol. The third-order valence-corrected chi connectivity index (χ3v) is 6.91. The molecule has 3 aromatic carbocycles. The lowest BCUT2D eigenvalue weighted by Crippen LogP contribution is -2.32. The molecule has 7 heteroatoms. The molecule has 34 heavy (non-hydrogen) atoms. The van der Waals surface area contributed by atoms with E-state index in [9.17, 15) is 14.9 Å². The maximum Gasteiger partial charge on any atom is 0.264 e. The Morgan fingerprint density at radius 3 is 2.21 bits per heavy atom.